The number of aromatic nitrogens is 4. The molecule has 4 aromatic rings. The highest BCUT2D eigenvalue weighted by Crippen LogP contribution is 2.31. The Morgan fingerprint density at radius 3 is 2.64 bits per heavy atom. The molecule has 4 heterocycles. The third-order valence-electron chi connectivity index (χ3n) is 6.39. The summed E-state index contributed by atoms with van der Waals surface area (Å²) >= 11 is 0. The molecule has 1 atom stereocenters. The Hall–Kier alpha value is -3.38. The Morgan fingerprint density at radius 2 is 1.82 bits per heavy atom. The summed E-state index contributed by atoms with van der Waals surface area (Å²) in [6.07, 6.45) is 7.64. The number of piperidine rings is 1. The van der Waals surface area contributed by atoms with Crippen molar-refractivity contribution in [2.45, 2.75) is 32.2 Å². The average molecular weight is 439 g/mol. The van der Waals surface area contributed by atoms with Gasteiger partial charge in [0, 0.05) is 73.4 Å². The molecule has 5 rings (SSSR count). The maximum Gasteiger partial charge on any atom is 0.133 e. The molecular formula is C27H30N6. The molecule has 3 aromatic heterocycles. The Labute approximate surface area is 195 Å². The molecule has 0 unspecified atom stereocenters. The average Bonchev–Trinajstić information content (AvgIpc) is 2.84. The third kappa shape index (κ3) is 4.71. The van der Waals surface area contributed by atoms with Crippen LogP contribution in [0.2, 0.25) is 0 Å². The summed E-state index contributed by atoms with van der Waals surface area (Å²) in [5.41, 5.74) is 6.71. The highest BCUT2D eigenvalue weighted by molar-refractivity contribution is 5.81. The van der Waals surface area contributed by atoms with E-state index in [0.717, 1.165) is 54.2 Å². The van der Waals surface area contributed by atoms with Gasteiger partial charge >= 0.3 is 0 Å². The first kappa shape index (κ1) is 21.5. The smallest absolute Gasteiger partial charge is 0.133 e. The number of nitrogens with zero attached hydrogens (tertiary/aromatic N) is 6. The van der Waals surface area contributed by atoms with E-state index in [2.05, 4.69) is 77.2 Å². The molecule has 6 nitrogen and oxygen atoms in total. The van der Waals surface area contributed by atoms with Crippen LogP contribution in [-0.4, -0.2) is 52.0 Å². The van der Waals surface area contributed by atoms with E-state index in [-0.39, 0.29) is 0 Å². The fourth-order valence-electron chi connectivity index (χ4n) is 4.85. The third-order valence-corrected chi connectivity index (χ3v) is 6.39. The second kappa shape index (κ2) is 9.24. The van der Waals surface area contributed by atoms with Crippen LogP contribution >= 0.6 is 0 Å². The van der Waals surface area contributed by atoms with Crippen molar-refractivity contribution in [1.82, 2.24) is 24.8 Å². The van der Waals surface area contributed by atoms with Crippen LogP contribution in [0.3, 0.4) is 0 Å². The summed E-state index contributed by atoms with van der Waals surface area (Å²) in [5, 5.41) is 1.20. The van der Waals surface area contributed by atoms with Crippen LogP contribution in [0.25, 0.3) is 22.0 Å². The monoisotopic (exact) mass is 438 g/mol. The Morgan fingerprint density at radius 1 is 1.00 bits per heavy atom. The number of hydrogen-bond acceptors (Lipinski definition) is 6. The number of para-hydroxylation sites is 1. The van der Waals surface area contributed by atoms with Crippen molar-refractivity contribution in [3.63, 3.8) is 0 Å². The van der Waals surface area contributed by atoms with Gasteiger partial charge in [-0.15, -0.1) is 0 Å². The van der Waals surface area contributed by atoms with Gasteiger partial charge in [0.25, 0.3) is 0 Å². The summed E-state index contributed by atoms with van der Waals surface area (Å²) in [7, 11) is 4.15. The van der Waals surface area contributed by atoms with Gasteiger partial charge in [0.1, 0.15) is 12.1 Å². The molecule has 0 spiro atoms. The van der Waals surface area contributed by atoms with Gasteiger partial charge in [-0.3, -0.25) is 9.88 Å². The fourth-order valence-corrected chi connectivity index (χ4v) is 4.85. The molecule has 6 heteroatoms. The van der Waals surface area contributed by atoms with Crippen LogP contribution in [0, 0.1) is 6.92 Å². The lowest BCUT2D eigenvalue weighted by atomic mass is 9.92. The van der Waals surface area contributed by atoms with Gasteiger partial charge in [-0.1, -0.05) is 18.2 Å². The Balaban J connectivity index is 1.40. The number of pyridine rings is 2. The van der Waals surface area contributed by atoms with Gasteiger partial charge in [-0.25, -0.2) is 15.0 Å². The molecule has 0 saturated carbocycles. The first-order valence-electron chi connectivity index (χ1n) is 11.6. The van der Waals surface area contributed by atoms with Gasteiger partial charge in [0.15, 0.2) is 0 Å². The largest absolute Gasteiger partial charge is 0.362 e. The fraction of sp³-hybridized carbons (Fsp3) is 0.333. The van der Waals surface area contributed by atoms with E-state index in [4.69, 9.17) is 9.97 Å². The zero-order valence-electron chi connectivity index (χ0n) is 19.6. The molecule has 0 N–H and O–H groups in total. The summed E-state index contributed by atoms with van der Waals surface area (Å²) in [5.74, 6) is 1.47. The minimum atomic E-state index is 0.415. The molecule has 1 saturated heterocycles. The second-order valence-corrected chi connectivity index (χ2v) is 9.18. The highest BCUT2D eigenvalue weighted by Gasteiger charge is 2.24. The van der Waals surface area contributed by atoms with Gasteiger partial charge in [0.2, 0.25) is 0 Å². The molecule has 1 aliphatic rings. The number of benzene rings is 1. The predicted octanol–water partition coefficient (Wildman–Crippen LogP) is 4.84. The number of rotatable bonds is 5. The second-order valence-electron chi connectivity index (χ2n) is 9.18. The molecule has 1 fully saturated rings. The quantitative estimate of drug-likeness (QED) is 0.444. The lowest BCUT2D eigenvalue weighted by molar-refractivity contribution is 0.198. The van der Waals surface area contributed by atoms with E-state index in [1.54, 1.807) is 6.33 Å². The zero-order chi connectivity index (χ0) is 22.8. The molecular weight excluding hydrogens is 408 g/mol. The molecule has 0 aliphatic carbocycles. The summed E-state index contributed by atoms with van der Waals surface area (Å²) in [4.78, 5) is 22.9. The van der Waals surface area contributed by atoms with E-state index in [0.29, 0.717) is 5.92 Å². The summed E-state index contributed by atoms with van der Waals surface area (Å²) in [6, 6.07) is 15.0. The Kier molecular flexibility index (Phi) is 6.01. The van der Waals surface area contributed by atoms with Crippen molar-refractivity contribution < 1.29 is 0 Å². The number of aryl methyl sites for hydroxylation is 1. The van der Waals surface area contributed by atoms with E-state index in [1.165, 1.54) is 23.1 Å². The van der Waals surface area contributed by atoms with E-state index in [1.807, 2.05) is 18.5 Å². The van der Waals surface area contributed by atoms with Gasteiger partial charge in [0.05, 0.1) is 5.52 Å². The maximum atomic E-state index is 4.95. The van der Waals surface area contributed by atoms with Crippen molar-refractivity contribution in [2.75, 3.05) is 32.1 Å². The van der Waals surface area contributed by atoms with Gasteiger partial charge in [-0.2, -0.15) is 0 Å². The van der Waals surface area contributed by atoms with Crippen LogP contribution in [-0.2, 0) is 6.54 Å². The van der Waals surface area contributed by atoms with Crippen LogP contribution in [0.5, 0.6) is 0 Å². The van der Waals surface area contributed by atoms with Gasteiger partial charge < -0.3 is 4.90 Å². The molecule has 0 amide bonds. The normalized spacial score (nSPS) is 16.8. The molecule has 33 heavy (non-hydrogen) atoms. The van der Waals surface area contributed by atoms with Crippen LogP contribution < -0.4 is 4.90 Å². The minimum absolute atomic E-state index is 0.415. The lowest BCUT2D eigenvalue weighted by Crippen LogP contribution is -2.34. The van der Waals surface area contributed by atoms with Crippen LogP contribution in [0.15, 0.2) is 61.2 Å². The van der Waals surface area contributed by atoms with E-state index >= 15 is 0 Å². The van der Waals surface area contributed by atoms with E-state index in [9.17, 15) is 0 Å². The molecule has 1 aromatic carbocycles. The molecule has 0 bridgehead atoms. The summed E-state index contributed by atoms with van der Waals surface area (Å²) < 4.78 is 0. The standard InChI is InChI=1S/C27H30N6/c1-19-11-22(24-14-28-18-29-15-24)13-26(30-19)21-8-6-10-33(16-21)17-23-12-20-7-4-5-9-25(20)31-27(23)32(2)3/h4-5,7,9,11-15,18,21H,6,8,10,16-17H2,1-3H3/t21-/m1/s1. The maximum absolute atomic E-state index is 4.95. The Bertz CT molecular complexity index is 1250. The zero-order valence-corrected chi connectivity index (χ0v) is 19.6. The van der Waals surface area contributed by atoms with Crippen LogP contribution in [0.1, 0.15) is 35.7 Å². The number of anilines is 1. The number of fused-ring (bicyclic) bond motifs is 1. The SMILES string of the molecule is Cc1cc(-c2cncnc2)cc([C@@H]2CCCN(Cc3cc4ccccc4nc3N(C)C)C2)n1. The van der Waals surface area contributed by atoms with Crippen molar-refractivity contribution in [3.05, 3.63) is 78.1 Å². The molecule has 1 aliphatic heterocycles. The van der Waals surface area contributed by atoms with Crippen molar-refractivity contribution in [1.29, 1.82) is 0 Å². The number of hydrogen-bond donors (Lipinski definition) is 0. The molecule has 0 radical (unpaired) electrons. The van der Waals surface area contributed by atoms with E-state index < -0.39 is 0 Å². The minimum Gasteiger partial charge on any atom is -0.362 e. The van der Waals surface area contributed by atoms with Crippen molar-refractivity contribution >= 4 is 16.7 Å². The van der Waals surface area contributed by atoms with Crippen molar-refractivity contribution in [3.8, 4) is 11.1 Å². The highest BCUT2D eigenvalue weighted by atomic mass is 15.2. The van der Waals surface area contributed by atoms with Crippen LogP contribution in [0.4, 0.5) is 5.82 Å². The number of likely N-dealkylation sites (tertiary alicyclic amines) is 1. The first-order valence-corrected chi connectivity index (χ1v) is 11.6. The lowest BCUT2D eigenvalue weighted by Gasteiger charge is -2.33. The molecule has 168 valence electrons. The van der Waals surface area contributed by atoms with Crippen molar-refractivity contribution in [2.24, 2.45) is 0 Å². The predicted molar refractivity (Wildman–Crippen MR) is 133 cm³/mol. The first-order chi connectivity index (χ1) is 16.1. The summed E-state index contributed by atoms with van der Waals surface area (Å²) in [6.45, 7) is 5.07. The van der Waals surface area contributed by atoms with Gasteiger partial charge in [-0.05, 0) is 56.1 Å². The topological polar surface area (TPSA) is 58.0 Å².